The summed E-state index contributed by atoms with van der Waals surface area (Å²) >= 11 is 0. The topological polar surface area (TPSA) is 51.6 Å². The molecule has 0 amide bonds. The van der Waals surface area contributed by atoms with Gasteiger partial charge in [0.25, 0.3) is 0 Å². The zero-order chi connectivity index (χ0) is 31.9. The van der Waals surface area contributed by atoms with Crippen LogP contribution in [0.2, 0.25) is 0 Å². The van der Waals surface area contributed by atoms with Gasteiger partial charge in [-0.2, -0.15) is 25.7 Å². The standard InChI is InChI=1S/2C16H11N2.C11H18.2Pt/c1-3-10-17-15(8-1)13-6-5-7-14(12-13)16-9-2-4-11-18-16;1-2-7-13(8-3-1)14-10-6-11-16(18-14)15-9-4-5-12-17-15;1-2-6-10(5-1)9-11-7-3-4-8-11;;/h1-11H;1-7,9-12H;1,3,10-11H,2,4-9H2;;/q2*-1;-2;2*+2. The monoisotopic (exact) mass is 1000 g/mol. The van der Waals surface area contributed by atoms with Crippen molar-refractivity contribution in [2.75, 3.05) is 0 Å². The molecule has 0 spiro atoms. The summed E-state index contributed by atoms with van der Waals surface area (Å²) in [6, 6.07) is 43.9. The zero-order valence-corrected chi connectivity index (χ0v) is 31.9. The molecule has 4 heterocycles. The van der Waals surface area contributed by atoms with Crippen LogP contribution in [0.1, 0.15) is 44.9 Å². The van der Waals surface area contributed by atoms with Gasteiger partial charge in [-0.1, -0.05) is 84.7 Å². The molecule has 4 aromatic heterocycles. The zero-order valence-electron chi connectivity index (χ0n) is 27.4. The molecule has 49 heavy (non-hydrogen) atoms. The summed E-state index contributed by atoms with van der Waals surface area (Å²) in [6.45, 7) is 0. The van der Waals surface area contributed by atoms with E-state index in [1.807, 2.05) is 115 Å². The SMILES string of the molecule is [CH-]1CCC(CC2C[CH-]CC2)C1.[Pt+2].[Pt+2].[c-]1c(-c2ccccn2)cccc1-c1ccccn1.[c-]1ccccc1-c1cccc(-c2ccccn2)n1. The summed E-state index contributed by atoms with van der Waals surface area (Å²) in [7, 11) is 0. The minimum atomic E-state index is 0. The molecule has 252 valence electrons. The van der Waals surface area contributed by atoms with Gasteiger partial charge in [-0.15, -0.1) is 60.2 Å². The first kappa shape index (κ1) is 38.2. The smallest absolute Gasteiger partial charge is 0.328 e. The molecule has 2 aromatic carbocycles. The Morgan fingerprint density at radius 3 is 1.49 bits per heavy atom. The van der Waals surface area contributed by atoms with E-state index in [1.54, 1.807) is 18.6 Å². The van der Waals surface area contributed by atoms with Crippen molar-refractivity contribution in [1.29, 1.82) is 0 Å². The second kappa shape index (κ2) is 20.8. The van der Waals surface area contributed by atoms with Gasteiger partial charge in [-0.05, 0) is 36.0 Å². The summed E-state index contributed by atoms with van der Waals surface area (Å²) < 4.78 is 0. The number of benzene rings is 2. The van der Waals surface area contributed by atoms with Gasteiger partial charge in [0.05, 0.1) is 11.4 Å². The summed E-state index contributed by atoms with van der Waals surface area (Å²) in [5, 5.41) is 0. The number of pyridine rings is 4. The Balaban J connectivity index is 0.000000167. The molecule has 2 aliphatic rings. The van der Waals surface area contributed by atoms with Crippen molar-refractivity contribution in [3.8, 4) is 45.2 Å². The molecular weight excluding hydrogens is 963 g/mol. The van der Waals surface area contributed by atoms with Crippen LogP contribution in [0.5, 0.6) is 0 Å². The van der Waals surface area contributed by atoms with Crippen LogP contribution in [0.25, 0.3) is 45.2 Å². The van der Waals surface area contributed by atoms with Crippen LogP contribution < -0.4 is 0 Å². The molecule has 0 saturated heterocycles. The van der Waals surface area contributed by atoms with E-state index in [0.717, 1.165) is 57.0 Å². The van der Waals surface area contributed by atoms with Crippen molar-refractivity contribution in [2.45, 2.75) is 44.9 Å². The average molecular weight is 1000 g/mol. The molecular formula is C43H40N4Pt2. The second-order valence-electron chi connectivity index (χ2n) is 12.0. The predicted octanol–water partition coefficient (Wildman–Crippen LogP) is 10.6. The Morgan fingerprint density at radius 1 is 0.510 bits per heavy atom. The van der Waals surface area contributed by atoms with Gasteiger partial charge in [-0.25, -0.2) is 0 Å². The Labute approximate surface area is 320 Å². The van der Waals surface area contributed by atoms with Crippen molar-refractivity contribution in [3.63, 3.8) is 0 Å². The molecule has 6 aromatic rings. The molecule has 4 nitrogen and oxygen atoms in total. The first-order valence-electron chi connectivity index (χ1n) is 16.7. The average Bonchev–Trinajstić information content (AvgIpc) is 3.89. The van der Waals surface area contributed by atoms with E-state index < -0.39 is 0 Å². The largest absolute Gasteiger partial charge is 2.00 e. The third kappa shape index (κ3) is 11.8. The van der Waals surface area contributed by atoms with Gasteiger partial charge < -0.3 is 12.8 Å². The number of aromatic nitrogens is 4. The number of rotatable bonds is 6. The molecule has 2 aliphatic carbocycles. The third-order valence-electron chi connectivity index (χ3n) is 8.56. The van der Waals surface area contributed by atoms with Crippen LogP contribution in [0.15, 0.2) is 134 Å². The molecule has 2 saturated carbocycles. The summed E-state index contributed by atoms with van der Waals surface area (Å²) in [5.74, 6) is 2.12. The first-order chi connectivity index (χ1) is 23.3. The first-order valence-corrected chi connectivity index (χ1v) is 16.7. The van der Waals surface area contributed by atoms with Crippen molar-refractivity contribution in [1.82, 2.24) is 19.9 Å². The maximum atomic E-state index is 4.62. The normalized spacial score (nSPS) is 16.1. The van der Waals surface area contributed by atoms with Gasteiger partial charge in [-0.3, -0.25) is 19.9 Å². The van der Waals surface area contributed by atoms with Gasteiger partial charge >= 0.3 is 42.1 Å². The number of nitrogens with zero attached hydrogens (tertiary/aromatic N) is 4. The molecule has 0 N–H and O–H groups in total. The Kier molecular flexibility index (Phi) is 16.2. The fraction of sp³-hybridized carbons (Fsp3) is 0.209. The number of hydrogen-bond donors (Lipinski definition) is 0. The maximum Gasteiger partial charge on any atom is 2.00 e. The summed E-state index contributed by atoms with van der Waals surface area (Å²) in [5.41, 5.74) is 7.50. The Hall–Kier alpha value is -3.58. The maximum absolute atomic E-state index is 4.62. The van der Waals surface area contributed by atoms with E-state index in [2.05, 4.69) is 44.9 Å². The molecule has 2 fully saturated rings. The van der Waals surface area contributed by atoms with Crippen LogP contribution in [-0.4, -0.2) is 19.9 Å². The van der Waals surface area contributed by atoms with Crippen molar-refractivity contribution < 1.29 is 42.1 Å². The molecule has 0 aliphatic heterocycles. The van der Waals surface area contributed by atoms with Crippen LogP contribution in [0.3, 0.4) is 0 Å². The fourth-order valence-electron chi connectivity index (χ4n) is 6.16. The van der Waals surface area contributed by atoms with Crippen LogP contribution in [0.4, 0.5) is 0 Å². The quantitative estimate of drug-likeness (QED) is 0.156. The minimum absolute atomic E-state index is 0. The van der Waals surface area contributed by atoms with Crippen LogP contribution in [-0.2, 0) is 42.1 Å². The molecule has 2 atom stereocenters. The number of hydrogen-bond acceptors (Lipinski definition) is 4. The summed E-state index contributed by atoms with van der Waals surface area (Å²) in [4.78, 5) is 17.6. The van der Waals surface area contributed by atoms with E-state index in [1.165, 1.54) is 44.9 Å². The molecule has 8 rings (SSSR count). The molecule has 2 unspecified atom stereocenters. The van der Waals surface area contributed by atoms with E-state index in [4.69, 9.17) is 0 Å². The van der Waals surface area contributed by atoms with Crippen LogP contribution in [0, 0.1) is 36.8 Å². The van der Waals surface area contributed by atoms with Crippen molar-refractivity contribution >= 4 is 0 Å². The molecule has 6 heteroatoms. The van der Waals surface area contributed by atoms with Gasteiger partial charge in [0.2, 0.25) is 0 Å². The van der Waals surface area contributed by atoms with Gasteiger partial charge in [0.15, 0.2) is 0 Å². The Bertz CT molecular complexity index is 1520. The van der Waals surface area contributed by atoms with Gasteiger partial charge in [0, 0.05) is 30.0 Å². The predicted molar refractivity (Wildman–Crippen MR) is 191 cm³/mol. The van der Waals surface area contributed by atoms with E-state index in [-0.39, 0.29) is 42.1 Å². The third-order valence-corrected chi connectivity index (χ3v) is 8.56. The van der Waals surface area contributed by atoms with Crippen LogP contribution >= 0.6 is 0 Å². The van der Waals surface area contributed by atoms with E-state index >= 15 is 0 Å². The second-order valence-corrected chi connectivity index (χ2v) is 12.0. The van der Waals surface area contributed by atoms with E-state index in [9.17, 15) is 0 Å². The van der Waals surface area contributed by atoms with Crippen molar-refractivity contribution in [3.05, 3.63) is 159 Å². The minimum Gasteiger partial charge on any atom is -0.328 e. The van der Waals surface area contributed by atoms with Crippen molar-refractivity contribution in [2.24, 2.45) is 11.8 Å². The molecule has 0 radical (unpaired) electrons. The summed E-state index contributed by atoms with van der Waals surface area (Å²) in [6.07, 6.45) is 20.4. The van der Waals surface area contributed by atoms with Gasteiger partial charge in [0.1, 0.15) is 0 Å². The Morgan fingerprint density at radius 2 is 1.00 bits per heavy atom. The fourth-order valence-corrected chi connectivity index (χ4v) is 6.16. The van der Waals surface area contributed by atoms with E-state index in [0.29, 0.717) is 0 Å². The molecule has 0 bridgehead atoms.